The maximum atomic E-state index is 13.4. The third kappa shape index (κ3) is 4.56. The molecule has 1 saturated heterocycles. The lowest BCUT2D eigenvalue weighted by Crippen LogP contribution is -2.46. The fourth-order valence-electron chi connectivity index (χ4n) is 3.40. The molecule has 0 spiro atoms. The average molecular weight is 396 g/mol. The Morgan fingerprint density at radius 3 is 2.39 bits per heavy atom. The Labute approximate surface area is 161 Å². The van der Waals surface area contributed by atoms with E-state index in [1.807, 2.05) is 24.3 Å². The number of benzene rings is 1. The van der Waals surface area contributed by atoms with Gasteiger partial charge in [-0.3, -0.25) is 9.69 Å². The van der Waals surface area contributed by atoms with Crippen molar-refractivity contribution in [3.8, 4) is 0 Å². The number of rotatable bonds is 7. The van der Waals surface area contributed by atoms with Crippen LogP contribution in [-0.2, 0) is 23.5 Å². The van der Waals surface area contributed by atoms with Gasteiger partial charge in [-0.2, -0.15) is 13.2 Å². The van der Waals surface area contributed by atoms with Crippen LogP contribution < -0.4 is 5.32 Å². The Morgan fingerprint density at radius 2 is 1.79 bits per heavy atom. The van der Waals surface area contributed by atoms with Crippen molar-refractivity contribution in [1.29, 1.82) is 0 Å². The van der Waals surface area contributed by atoms with Gasteiger partial charge in [0.2, 0.25) is 11.5 Å². The Kier molecular flexibility index (Phi) is 6.10. The van der Waals surface area contributed by atoms with Crippen molar-refractivity contribution in [3.63, 3.8) is 0 Å². The summed E-state index contributed by atoms with van der Waals surface area (Å²) in [5, 5.41) is 12.6. The second kappa shape index (κ2) is 8.36. The van der Waals surface area contributed by atoms with E-state index in [9.17, 15) is 23.1 Å². The average Bonchev–Trinajstić information content (AvgIpc) is 3.34. The molecule has 1 fully saturated rings. The molecule has 152 valence electrons. The van der Waals surface area contributed by atoms with E-state index in [1.165, 1.54) is 6.07 Å². The van der Waals surface area contributed by atoms with E-state index in [-0.39, 0.29) is 6.54 Å². The number of hydrogen-bond donors (Lipinski definition) is 2. The third-order valence-electron chi connectivity index (χ3n) is 5.00. The van der Waals surface area contributed by atoms with Gasteiger partial charge in [0.15, 0.2) is 0 Å². The Morgan fingerprint density at radius 1 is 1.11 bits per heavy atom. The van der Waals surface area contributed by atoms with E-state index in [4.69, 9.17) is 4.42 Å². The molecule has 2 N–H and O–H groups in total. The molecule has 1 aliphatic rings. The summed E-state index contributed by atoms with van der Waals surface area (Å²) in [6, 6.07) is 9.76. The molecule has 0 radical (unpaired) electrons. The number of nitrogens with one attached hydrogen (secondary N) is 1. The summed E-state index contributed by atoms with van der Waals surface area (Å²) in [6.45, 7) is 2.87. The molecule has 28 heavy (non-hydrogen) atoms. The number of carbonyl (C=O) groups is 1. The highest BCUT2D eigenvalue weighted by Gasteiger charge is 2.58. The summed E-state index contributed by atoms with van der Waals surface area (Å²) in [6.07, 6.45) is -2.88. The number of halogens is 3. The van der Waals surface area contributed by atoms with Crippen LogP contribution in [0.5, 0.6) is 0 Å². The fourth-order valence-corrected chi connectivity index (χ4v) is 3.40. The zero-order chi connectivity index (χ0) is 20.2. The SMILES string of the molecule is O=C(C[C@@](O)(c1ccco1)C(F)(F)F)NCc1ccccc1CN1CCCC1. The van der Waals surface area contributed by atoms with E-state index in [1.54, 1.807) is 0 Å². The summed E-state index contributed by atoms with van der Waals surface area (Å²) in [4.78, 5) is 14.5. The molecule has 3 rings (SSSR count). The number of carbonyl (C=O) groups excluding carboxylic acids is 1. The normalized spacial score (nSPS) is 17.4. The molecule has 8 heteroatoms. The minimum absolute atomic E-state index is 0.0922. The van der Waals surface area contributed by atoms with Crippen molar-refractivity contribution in [1.82, 2.24) is 10.2 Å². The van der Waals surface area contributed by atoms with Gasteiger partial charge >= 0.3 is 6.18 Å². The molecule has 2 aromatic rings. The zero-order valence-corrected chi connectivity index (χ0v) is 15.3. The number of alkyl halides is 3. The molecule has 1 aromatic heterocycles. The molecule has 1 aromatic carbocycles. The van der Waals surface area contributed by atoms with E-state index in [0.29, 0.717) is 0 Å². The lowest BCUT2D eigenvalue weighted by molar-refractivity contribution is -0.273. The lowest BCUT2D eigenvalue weighted by atomic mass is 9.95. The third-order valence-corrected chi connectivity index (χ3v) is 5.00. The predicted molar refractivity (Wildman–Crippen MR) is 96.1 cm³/mol. The number of aliphatic hydroxyl groups is 1. The number of nitrogens with zero attached hydrogens (tertiary/aromatic N) is 1. The van der Waals surface area contributed by atoms with Gasteiger partial charge in [-0.15, -0.1) is 0 Å². The maximum Gasteiger partial charge on any atom is 0.425 e. The van der Waals surface area contributed by atoms with Crippen molar-refractivity contribution in [2.24, 2.45) is 0 Å². The first-order valence-electron chi connectivity index (χ1n) is 9.18. The monoisotopic (exact) mass is 396 g/mol. The highest BCUT2D eigenvalue weighted by Crippen LogP contribution is 2.41. The quantitative estimate of drug-likeness (QED) is 0.754. The minimum atomic E-state index is -5.05. The topological polar surface area (TPSA) is 65.7 Å². The van der Waals surface area contributed by atoms with Crippen LogP contribution in [0, 0.1) is 0 Å². The molecular weight excluding hydrogens is 373 g/mol. The van der Waals surface area contributed by atoms with Gasteiger partial charge in [-0.05, 0) is 49.2 Å². The molecule has 0 aliphatic carbocycles. The first-order valence-corrected chi connectivity index (χ1v) is 9.18. The van der Waals surface area contributed by atoms with Gasteiger partial charge in [0, 0.05) is 13.1 Å². The van der Waals surface area contributed by atoms with Crippen LogP contribution in [0.25, 0.3) is 0 Å². The molecule has 0 saturated carbocycles. The van der Waals surface area contributed by atoms with E-state index in [0.717, 1.165) is 55.9 Å². The van der Waals surface area contributed by atoms with Crippen LogP contribution in [0.3, 0.4) is 0 Å². The molecule has 5 nitrogen and oxygen atoms in total. The lowest BCUT2D eigenvalue weighted by Gasteiger charge is -2.28. The molecule has 1 aliphatic heterocycles. The summed E-state index contributed by atoms with van der Waals surface area (Å²) in [5.74, 6) is -1.61. The van der Waals surface area contributed by atoms with Crippen molar-refractivity contribution < 1.29 is 27.5 Å². The van der Waals surface area contributed by atoms with Gasteiger partial charge in [0.05, 0.1) is 12.7 Å². The van der Waals surface area contributed by atoms with Crippen molar-refractivity contribution in [2.75, 3.05) is 13.1 Å². The maximum absolute atomic E-state index is 13.4. The molecule has 1 atom stereocenters. The van der Waals surface area contributed by atoms with Gasteiger partial charge in [-0.1, -0.05) is 24.3 Å². The zero-order valence-electron chi connectivity index (χ0n) is 15.3. The number of likely N-dealkylation sites (tertiary alicyclic amines) is 1. The molecule has 2 heterocycles. The number of furan rings is 1. The first kappa shape index (κ1) is 20.4. The highest BCUT2D eigenvalue weighted by molar-refractivity contribution is 5.77. The minimum Gasteiger partial charge on any atom is -0.466 e. The highest BCUT2D eigenvalue weighted by atomic mass is 19.4. The van der Waals surface area contributed by atoms with Crippen molar-refractivity contribution in [2.45, 2.75) is 44.1 Å². The fraction of sp³-hybridized carbons (Fsp3) is 0.450. The Hall–Kier alpha value is -2.32. The van der Waals surface area contributed by atoms with E-state index < -0.39 is 29.9 Å². The standard InChI is InChI=1S/C20H23F3N2O3/c21-20(22,23)19(27,17-8-5-11-28-17)12-18(26)24-13-15-6-1-2-7-16(15)14-25-9-3-4-10-25/h1-2,5-8,11,27H,3-4,9-10,12-14H2,(H,24,26)/t19-/m1/s1. The second-order valence-electron chi connectivity index (χ2n) is 7.04. The summed E-state index contributed by atoms with van der Waals surface area (Å²) in [7, 11) is 0. The summed E-state index contributed by atoms with van der Waals surface area (Å²) < 4.78 is 44.9. The first-order chi connectivity index (χ1) is 13.3. The largest absolute Gasteiger partial charge is 0.466 e. The van der Waals surface area contributed by atoms with Gasteiger partial charge < -0.3 is 14.8 Å². The Bertz CT molecular complexity index is 786. The number of hydrogen-bond acceptors (Lipinski definition) is 4. The van der Waals surface area contributed by atoms with Gasteiger partial charge in [0.25, 0.3) is 0 Å². The molecular formula is C20H23F3N2O3. The number of amides is 1. The predicted octanol–water partition coefficient (Wildman–Crippen LogP) is 3.33. The van der Waals surface area contributed by atoms with Crippen LogP contribution >= 0.6 is 0 Å². The second-order valence-corrected chi connectivity index (χ2v) is 7.04. The van der Waals surface area contributed by atoms with Gasteiger partial charge in [-0.25, -0.2) is 0 Å². The van der Waals surface area contributed by atoms with E-state index >= 15 is 0 Å². The van der Waals surface area contributed by atoms with E-state index in [2.05, 4.69) is 10.2 Å². The smallest absolute Gasteiger partial charge is 0.425 e. The summed E-state index contributed by atoms with van der Waals surface area (Å²) in [5.41, 5.74) is -1.49. The van der Waals surface area contributed by atoms with Crippen LogP contribution in [0.4, 0.5) is 13.2 Å². The Balaban J connectivity index is 1.65. The molecule has 1 amide bonds. The van der Waals surface area contributed by atoms with Gasteiger partial charge in [0.1, 0.15) is 5.76 Å². The van der Waals surface area contributed by atoms with Crippen LogP contribution in [0.15, 0.2) is 47.1 Å². The van der Waals surface area contributed by atoms with Crippen LogP contribution in [-0.4, -0.2) is 35.2 Å². The van der Waals surface area contributed by atoms with Crippen LogP contribution in [0.2, 0.25) is 0 Å². The van der Waals surface area contributed by atoms with Crippen LogP contribution in [0.1, 0.15) is 36.1 Å². The van der Waals surface area contributed by atoms with Crippen molar-refractivity contribution in [3.05, 3.63) is 59.5 Å². The van der Waals surface area contributed by atoms with Crippen molar-refractivity contribution >= 4 is 5.91 Å². The molecule has 0 bridgehead atoms. The molecule has 0 unspecified atom stereocenters. The summed E-state index contributed by atoms with van der Waals surface area (Å²) >= 11 is 0.